The third kappa shape index (κ3) is 6.84. The molecule has 1 N–H and O–H groups in total. The summed E-state index contributed by atoms with van der Waals surface area (Å²) >= 11 is 0. The van der Waals surface area contributed by atoms with E-state index in [0.717, 1.165) is 72.7 Å². The van der Waals surface area contributed by atoms with Crippen LogP contribution < -0.4 is 14.2 Å². The van der Waals surface area contributed by atoms with Gasteiger partial charge in [-0.2, -0.15) is 0 Å². The van der Waals surface area contributed by atoms with Crippen molar-refractivity contribution in [3.05, 3.63) is 53.1 Å². The van der Waals surface area contributed by atoms with E-state index < -0.39 is 11.9 Å². The molecule has 0 aromatic heterocycles. The van der Waals surface area contributed by atoms with Crippen molar-refractivity contribution >= 4 is 11.9 Å². The topological polar surface area (TPSA) is 91.8 Å². The summed E-state index contributed by atoms with van der Waals surface area (Å²) < 4.78 is 17.0. The summed E-state index contributed by atoms with van der Waals surface area (Å²) in [5.41, 5.74) is 3.15. The summed E-state index contributed by atoms with van der Waals surface area (Å²) in [6.45, 7) is 6.09. The van der Waals surface area contributed by atoms with Crippen molar-refractivity contribution in [2.24, 2.45) is 5.92 Å². The number of para-hydroxylation sites is 1. The zero-order valence-corrected chi connectivity index (χ0v) is 25.2. The Bertz CT molecular complexity index is 1250. The van der Waals surface area contributed by atoms with Crippen LogP contribution in [0, 0.1) is 5.92 Å². The Morgan fingerprint density at radius 3 is 2.64 bits per heavy atom. The first-order valence-electron chi connectivity index (χ1n) is 15.4. The number of carboxylic acid groups (broad SMARTS) is 1. The van der Waals surface area contributed by atoms with Crippen molar-refractivity contribution in [2.75, 3.05) is 60.2 Å². The summed E-state index contributed by atoms with van der Waals surface area (Å²) in [5.74, 6) is 0.766. The Morgan fingerprint density at radius 2 is 1.86 bits per heavy atom. The van der Waals surface area contributed by atoms with Gasteiger partial charge in [-0.1, -0.05) is 37.6 Å². The molecule has 3 heterocycles. The van der Waals surface area contributed by atoms with Gasteiger partial charge in [0.25, 0.3) is 0 Å². The molecule has 0 bridgehead atoms. The molecule has 3 atom stereocenters. The van der Waals surface area contributed by atoms with Crippen molar-refractivity contribution in [3.8, 4) is 17.2 Å². The molecule has 1 fully saturated rings. The smallest absolute Gasteiger partial charge is 0.308 e. The number of likely N-dealkylation sites (tertiary alicyclic amines) is 1. The Kier molecular flexibility index (Phi) is 9.90. The number of hydrogen-bond donors (Lipinski definition) is 1. The van der Waals surface area contributed by atoms with Gasteiger partial charge in [-0.25, -0.2) is 0 Å². The lowest BCUT2D eigenvalue weighted by Gasteiger charge is -2.30. The van der Waals surface area contributed by atoms with Crippen molar-refractivity contribution in [3.63, 3.8) is 0 Å². The summed E-state index contributed by atoms with van der Waals surface area (Å²) in [5, 5.41) is 10.6. The second kappa shape index (κ2) is 13.8. The van der Waals surface area contributed by atoms with Crippen LogP contribution in [0.4, 0.5) is 0 Å². The van der Waals surface area contributed by atoms with E-state index in [1.807, 2.05) is 49.3 Å². The molecule has 9 heteroatoms. The molecule has 1 amide bonds. The van der Waals surface area contributed by atoms with Gasteiger partial charge in [0, 0.05) is 38.0 Å². The Hall–Kier alpha value is -3.30. The molecule has 228 valence electrons. The molecule has 0 aliphatic carbocycles. The van der Waals surface area contributed by atoms with Gasteiger partial charge < -0.3 is 29.1 Å². The third-order valence-corrected chi connectivity index (χ3v) is 8.87. The molecule has 42 heavy (non-hydrogen) atoms. The highest BCUT2D eigenvalue weighted by Crippen LogP contribution is 2.42. The van der Waals surface area contributed by atoms with Crippen molar-refractivity contribution in [1.29, 1.82) is 0 Å². The second-order valence-electron chi connectivity index (χ2n) is 12.0. The van der Waals surface area contributed by atoms with Crippen LogP contribution in [0.5, 0.6) is 17.2 Å². The number of rotatable bonds is 14. The van der Waals surface area contributed by atoms with Gasteiger partial charge in [-0.05, 0) is 75.1 Å². The molecule has 3 aliphatic heterocycles. The molecular formula is C33H45N3O6. The maximum Gasteiger partial charge on any atom is 0.308 e. The first kappa shape index (κ1) is 30.2. The van der Waals surface area contributed by atoms with E-state index in [9.17, 15) is 14.7 Å². The predicted molar refractivity (Wildman–Crippen MR) is 160 cm³/mol. The number of carboxylic acids is 1. The van der Waals surface area contributed by atoms with Gasteiger partial charge in [0.2, 0.25) is 12.7 Å². The quantitative estimate of drug-likeness (QED) is 0.359. The molecule has 2 aromatic rings. The third-order valence-electron chi connectivity index (χ3n) is 8.87. The number of aryl methyl sites for hydroxylation is 1. The van der Waals surface area contributed by atoms with Crippen molar-refractivity contribution < 1.29 is 28.9 Å². The minimum absolute atomic E-state index is 0.0803. The SMILES string of the molecule is CCCCN(CCCN(C)C)C(=O)CN1CC(c2ccc3c(c2)CCO3)C(C(=O)O)C1CCc1cccc2c1OCO2. The van der Waals surface area contributed by atoms with E-state index in [-0.39, 0.29) is 31.2 Å². The molecule has 0 spiro atoms. The predicted octanol–water partition coefficient (Wildman–Crippen LogP) is 4.03. The molecule has 3 aliphatic rings. The number of nitrogens with zero attached hydrogens (tertiary/aromatic N) is 3. The van der Waals surface area contributed by atoms with Crippen LogP contribution in [0.2, 0.25) is 0 Å². The fourth-order valence-electron chi connectivity index (χ4n) is 6.68. The maximum absolute atomic E-state index is 13.8. The lowest BCUT2D eigenvalue weighted by atomic mass is 9.83. The van der Waals surface area contributed by atoms with E-state index in [1.54, 1.807) is 0 Å². The monoisotopic (exact) mass is 579 g/mol. The molecular weight excluding hydrogens is 534 g/mol. The van der Waals surface area contributed by atoms with Crippen LogP contribution in [-0.2, 0) is 22.4 Å². The molecule has 1 saturated heterocycles. The first-order chi connectivity index (χ1) is 20.4. The zero-order valence-electron chi connectivity index (χ0n) is 25.2. The molecule has 2 aromatic carbocycles. The molecule has 5 rings (SSSR count). The fourth-order valence-corrected chi connectivity index (χ4v) is 6.68. The largest absolute Gasteiger partial charge is 0.493 e. The minimum Gasteiger partial charge on any atom is -0.493 e. The number of hydrogen-bond acceptors (Lipinski definition) is 7. The van der Waals surface area contributed by atoms with Crippen LogP contribution in [0.25, 0.3) is 0 Å². The summed E-state index contributed by atoms with van der Waals surface area (Å²) in [6, 6.07) is 11.7. The number of carbonyl (C=O) groups excluding carboxylic acids is 1. The van der Waals surface area contributed by atoms with Crippen LogP contribution >= 0.6 is 0 Å². The average Bonchev–Trinajstić information content (AvgIpc) is 3.71. The van der Waals surface area contributed by atoms with E-state index in [2.05, 4.69) is 22.8 Å². The maximum atomic E-state index is 13.8. The number of benzene rings is 2. The number of fused-ring (bicyclic) bond motifs is 2. The van der Waals surface area contributed by atoms with E-state index in [0.29, 0.717) is 32.5 Å². The highest BCUT2D eigenvalue weighted by Gasteiger charge is 2.47. The van der Waals surface area contributed by atoms with Crippen molar-refractivity contribution in [2.45, 2.75) is 57.4 Å². The van der Waals surface area contributed by atoms with Crippen LogP contribution in [0.1, 0.15) is 55.2 Å². The van der Waals surface area contributed by atoms with Crippen LogP contribution in [-0.4, -0.2) is 97.9 Å². The molecule has 0 saturated carbocycles. The number of carbonyl (C=O) groups is 2. The zero-order chi connectivity index (χ0) is 29.6. The average molecular weight is 580 g/mol. The number of aliphatic carboxylic acids is 1. The number of unbranched alkanes of at least 4 members (excludes halogenated alkanes) is 1. The molecule has 3 unspecified atom stereocenters. The number of ether oxygens (including phenoxy) is 3. The van der Waals surface area contributed by atoms with Crippen LogP contribution in [0.3, 0.4) is 0 Å². The lowest BCUT2D eigenvalue weighted by Crippen LogP contribution is -2.45. The van der Waals surface area contributed by atoms with Gasteiger partial charge in [0.1, 0.15) is 5.75 Å². The van der Waals surface area contributed by atoms with Gasteiger partial charge in [-0.3, -0.25) is 14.5 Å². The first-order valence-corrected chi connectivity index (χ1v) is 15.4. The lowest BCUT2D eigenvalue weighted by molar-refractivity contribution is -0.143. The minimum atomic E-state index is -0.816. The van der Waals surface area contributed by atoms with Gasteiger partial charge >= 0.3 is 5.97 Å². The Balaban J connectivity index is 1.39. The highest BCUT2D eigenvalue weighted by molar-refractivity contribution is 5.79. The second-order valence-corrected chi connectivity index (χ2v) is 12.0. The Labute approximate surface area is 249 Å². The summed E-state index contributed by atoms with van der Waals surface area (Å²) in [4.78, 5) is 33.0. The highest BCUT2D eigenvalue weighted by atomic mass is 16.7. The van der Waals surface area contributed by atoms with E-state index >= 15 is 0 Å². The number of amides is 1. The van der Waals surface area contributed by atoms with Crippen molar-refractivity contribution in [1.82, 2.24) is 14.7 Å². The Morgan fingerprint density at radius 1 is 1.02 bits per heavy atom. The van der Waals surface area contributed by atoms with Gasteiger partial charge in [-0.15, -0.1) is 0 Å². The van der Waals surface area contributed by atoms with E-state index in [1.165, 1.54) is 0 Å². The summed E-state index contributed by atoms with van der Waals surface area (Å²) in [7, 11) is 4.09. The fraction of sp³-hybridized carbons (Fsp3) is 0.576. The van der Waals surface area contributed by atoms with Gasteiger partial charge in [0.15, 0.2) is 11.5 Å². The molecule has 0 radical (unpaired) electrons. The van der Waals surface area contributed by atoms with Gasteiger partial charge in [0.05, 0.1) is 19.1 Å². The standard InChI is InChI=1S/C33H45N3O6/c1-4-5-16-35(17-7-15-34(2)3)30(37)21-36-20-26(24-11-13-28-25(19-24)14-18-40-28)31(33(38)39)27(36)12-10-23-8-6-9-29-32(23)42-22-41-29/h6,8-9,11,13,19,26-27,31H,4-5,7,10,12,14-18,20-22H2,1-3H3,(H,38,39). The molecule has 9 nitrogen and oxygen atoms in total. The summed E-state index contributed by atoms with van der Waals surface area (Å²) in [6.07, 6.45) is 4.95. The van der Waals surface area contributed by atoms with Crippen LogP contribution in [0.15, 0.2) is 36.4 Å². The normalized spacial score (nSPS) is 21.0. The van der Waals surface area contributed by atoms with E-state index in [4.69, 9.17) is 14.2 Å².